The lowest BCUT2D eigenvalue weighted by Gasteiger charge is -2.13. The van der Waals surface area contributed by atoms with Gasteiger partial charge >= 0.3 is 5.97 Å². The highest BCUT2D eigenvalue weighted by Gasteiger charge is 2.16. The Balaban J connectivity index is 3.44. The molecule has 0 bridgehead atoms. The lowest BCUT2D eigenvalue weighted by atomic mass is 9.98. The molecule has 0 spiro atoms. The van der Waals surface area contributed by atoms with Crippen LogP contribution in [0.4, 0.5) is 0 Å². The molecule has 17 heavy (non-hydrogen) atoms. The molecule has 1 rings (SSSR count). The summed E-state index contributed by atoms with van der Waals surface area (Å²) in [5.74, 6) is -0.0975. The molecule has 92 valence electrons. The maximum Gasteiger partial charge on any atom is 0.341 e. The minimum Gasteiger partial charge on any atom is -0.496 e. The van der Waals surface area contributed by atoms with E-state index in [1.165, 1.54) is 14.2 Å². The maximum atomic E-state index is 11.6. The van der Waals surface area contributed by atoms with Gasteiger partial charge in [-0.2, -0.15) is 0 Å². The molecule has 1 aromatic carbocycles. The first-order valence-electron chi connectivity index (χ1n) is 5.11. The van der Waals surface area contributed by atoms with Crippen LogP contribution < -0.4 is 4.74 Å². The first-order chi connectivity index (χ1) is 8.04. The van der Waals surface area contributed by atoms with Gasteiger partial charge in [0, 0.05) is 0 Å². The molecule has 0 aliphatic rings. The van der Waals surface area contributed by atoms with Gasteiger partial charge in [0.15, 0.2) is 0 Å². The zero-order valence-corrected chi connectivity index (χ0v) is 10.2. The Bertz CT molecular complexity index is 449. The number of carbonyl (C=O) groups is 1. The van der Waals surface area contributed by atoms with Crippen LogP contribution in [0.2, 0.25) is 0 Å². The highest BCUT2D eigenvalue weighted by atomic mass is 16.5. The third kappa shape index (κ3) is 2.65. The molecule has 0 amide bonds. The summed E-state index contributed by atoms with van der Waals surface area (Å²) in [5, 5.41) is 9.26. The lowest BCUT2D eigenvalue weighted by Crippen LogP contribution is -2.06. The second-order valence-electron chi connectivity index (χ2n) is 3.64. The molecule has 0 radical (unpaired) electrons. The number of hydrogen-bond acceptors (Lipinski definition) is 4. The summed E-state index contributed by atoms with van der Waals surface area (Å²) in [6.45, 7) is 5.48. The first-order valence-corrected chi connectivity index (χ1v) is 5.11. The third-order valence-electron chi connectivity index (χ3n) is 2.46. The topological polar surface area (TPSA) is 55.8 Å². The summed E-state index contributed by atoms with van der Waals surface area (Å²) in [5.41, 5.74) is 2.49. The summed E-state index contributed by atoms with van der Waals surface area (Å²) in [7, 11) is 2.77. The summed E-state index contributed by atoms with van der Waals surface area (Å²) in [6, 6.07) is 3.24. The molecule has 0 aliphatic heterocycles. The number of aliphatic hydroxyl groups is 1. The predicted octanol–water partition coefficient (Wildman–Crippen LogP) is 2.01. The summed E-state index contributed by atoms with van der Waals surface area (Å²) in [6.07, 6.45) is 0. The lowest BCUT2D eigenvalue weighted by molar-refractivity contribution is 0.0597. The molecule has 1 aromatic rings. The van der Waals surface area contributed by atoms with Gasteiger partial charge < -0.3 is 14.6 Å². The van der Waals surface area contributed by atoms with E-state index >= 15 is 0 Å². The third-order valence-corrected chi connectivity index (χ3v) is 2.46. The van der Waals surface area contributed by atoms with Crippen molar-refractivity contribution in [2.75, 3.05) is 14.2 Å². The van der Waals surface area contributed by atoms with E-state index in [0.717, 1.165) is 11.1 Å². The standard InChI is InChI=1S/C13H16O4/c1-8(2)10-6-11(13(15)17-4)12(16-3)5-9(10)7-14/h5-6,14H,1,7H2,2-4H3. The van der Waals surface area contributed by atoms with Crippen LogP contribution >= 0.6 is 0 Å². The Labute approximate surface area is 100 Å². The number of allylic oxidation sites excluding steroid dienone is 1. The largest absolute Gasteiger partial charge is 0.496 e. The van der Waals surface area contributed by atoms with Gasteiger partial charge in [-0.1, -0.05) is 12.2 Å². The Kier molecular flexibility index (Phi) is 4.29. The van der Waals surface area contributed by atoms with E-state index in [4.69, 9.17) is 4.74 Å². The van der Waals surface area contributed by atoms with Crippen molar-refractivity contribution in [3.63, 3.8) is 0 Å². The zero-order valence-electron chi connectivity index (χ0n) is 10.2. The van der Waals surface area contributed by atoms with E-state index in [2.05, 4.69) is 11.3 Å². The van der Waals surface area contributed by atoms with E-state index in [9.17, 15) is 9.90 Å². The number of esters is 1. The minimum absolute atomic E-state index is 0.139. The molecular weight excluding hydrogens is 220 g/mol. The Morgan fingerprint density at radius 3 is 2.41 bits per heavy atom. The average Bonchev–Trinajstić information content (AvgIpc) is 2.35. The van der Waals surface area contributed by atoms with Gasteiger partial charge in [-0.05, 0) is 30.2 Å². The van der Waals surface area contributed by atoms with E-state index in [1.54, 1.807) is 12.1 Å². The molecule has 4 nitrogen and oxygen atoms in total. The quantitative estimate of drug-likeness (QED) is 0.812. The van der Waals surface area contributed by atoms with Crippen molar-refractivity contribution < 1.29 is 19.4 Å². The number of carbonyl (C=O) groups excluding carboxylic acids is 1. The predicted molar refractivity (Wildman–Crippen MR) is 65.0 cm³/mol. The Morgan fingerprint density at radius 2 is 2.00 bits per heavy atom. The van der Waals surface area contributed by atoms with Crippen LogP contribution in [0, 0.1) is 0 Å². The van der Waals surface area contributed by atoms with E-state index in [-0.39, 0.29) is 6.61 Å². The van der Waals surface area contributed by atoms with E-state index in [1.807, 2.05) is 6.92 Å². The van der Waals surface area contributed by atoms with Crippen LogP contribution in [0.3, 0.4) is 0 Å². The van der Waals surface area contributed by atoms with Gasteiger partial charge in [-0.3, -0.25) is 0 Å². The van der Waals surface area contributed by atoms with Crippen LogP contribution in [-0.4, -0.2) is 25.3 Å². The number of ether oxygens (including phenoxy) is 2. The maximum absolute atomic E-state index is 11.6. The van der Waals surface area contributed by atoms with E-state index in [0.29, 0.717) is 16.9 Å². The number of aliphatic hydroxyl groups excluding tert-OH is 1. The Morgan fingerprint density at radius 1 is 1.35 bits per heavy atom. The van der Waals surface area contributed by atoms with Crippen LogP contribution in [0.15, 0.2) is 18.7 Å². The summed E-state index contributed by atoms with van der Waals surface area (Å²) >= 11 is 0. The van der Waals surface area contributed by atoms with Crippen molar-refractivity contribution in [1.82, 2.24) is 0 Å². The van der Waals surface area contributed by atoms with Gasteiger partial charge in [-0.15, -0.1) is 0 Å². The second-order valence-corrected chi connectivity index (χ2v) is 3.64. The molecule has 0 saturated carbocycles. The summed E-state index contributed by atoms with van der Waals surface area (Å²) in [4.78, 5) is 11.6. The fourth-order valence-corrected chi connectivity index (χ4v) is 1.59. The van der Waals surface area contributed by atoms with Crippen LogP contribution in [0.1, 0.15) is 28.4 Å². The van der Waals surface area contributed by atoms with E-state index < -0.39 is 5.97 Å². The smallest absolute Gasteiger partial charge is 0.341 e. The number of hydrogen-bond donors (Lipinski definition) is 1. The van der Waals surface area contributed by atoms with Gasteiger partial charge in [0.1, 0.15) is 11.3 Å². The van der Waals surface area contributed by atoms with Crippen molar-refractivity contribution in [2.45, 2.75) is 13.5 Å². The highest BCUT2D eigenvalue weighted by molar-refractivity contribution is 5.94. The fourth-order valence-electron chi connectivity index (χ4n) is 1.59. The van der Waals surface area contributed by atoms with Gasteiger partial charge in [0.25, 0.3) is 0 Å². The molecule has 4 heteroatoms. The van der Waals surface area contributed by atoms with Gasteiger partial charge in [0.05, 0.1) is 20.8 Å². The molecular formula is C13H16O4. The zero-order chi connectivity index (χ0) is 13.0. The molecule has 0 aliphatic carbocycles. The Hall–Kier alpha value is -1.81. The van der Waals surface area contributed by atoms with Crippen molar-refractivity contribution in [2.24, 2.45) is 0 Å². The molecule has 0 aromatic heterocycles. The van der Waals surface area contributed by atoms with Crippen molar-refractivity contribution in [1.29, 1.82) is 0 Å². The van der Waals surface area contributed by atoms with Crippen LogP contribution in [0.25, 0.3) is 5.57 Å². The molecule has 0 heterocycles. The van der Waals surface area contributed by atoms with Crippen molar-refractivity contribution in [3.05, 3.63) is 35.4 Å². The van der Waals surface area contributed by atoms with Crippen molar-refractivity contribution >= 4 is 11.5 Å². The molecule has 1 N–H and O–H groups in total. The minimum atomic E-state index is -0.478. The molecule has 0 fully saturated rings. The van der Waals surface area contributed by atoms with Gasteiger partial charge in [-0.25, -0.2) is 4.79 Å². The number of rotatable bonds is 4. The molecule has 0 saturated heterocycles. The van der Waals surface area contributed by atoms with Crippen molar-refractivity contribution in [3.8, 4) is 5.75 Å². The van der Waals surface area contributed by atoms with Crippen LogP contribution in [-0.2, 0) is 11.3 Å². The highest BCUT2D eigenvalue weighted by Crippen LogP contribution is 2.28. The monoisotopic (exact) mass is 236 g/mol. The SMILES string of the molecule is C=C(C)c1cc(C(=O)OC)c(OC)cc1CO. The number of benzene rings is 1. The number of methoxy groups -OCH3 is 2. The summed E-state index contributed by atoms with van der Waals surface area (Å²) < 4.78 is 9.78. The van der Waals surface area contributed by atoms with Crippen LogP contribution in [0.5, 0.6) is 5.75 Å². The normalized spacial score (nSPS) is 9.88. The molecule has 0 unspecified atom stereocenters. The second kappa shape index (κ2) is 5.50. The average molecular weight is 236 g/mol. The fraction of sp³-hybridized carbons (Fsp3) is 0.308. The molecule has 0 atom stereocenters. The first kappa shape index (κ1) is 13.3. The van der Waals surface area contributed by atoms with Gasteiger partial charge in [0.2, 0.25) is 0 Å².